The summed E-state index contributed by atoms with van der Waals surface area (Å²) >= 11 is 1.53. The average molecular weight is 536 g/mol. The van der Waals surface area contributed by atoms with Crippen LogP contribution in [0.4, 0.5) is 11.4 Å². The molecule has 0 saturated carbocycles. The molecule has 2 amide bonds. The van der Waals surface area contributed by atoms with Gasteiger partial charge in [0.05, 0.1) is 29.8 Å². The Morgan fingerprint density at radius 1 is 1.21 bits per heavy atom. The summed E-state index contributed by atoms with van der Waals surface area (Å²) in [5, 5.41) is 15.4. The van der Waals surface area contributed by atoms with Gasteiger partial charge in [-0.1, -0.05) is 6.07 Å². The number of pyridine rings is 2. The SMILES string of the molecule is COc1ccc2nccc(NC(=O)CC3CCN(Cc4ccc5c(c4)NC(=O)CS5)CC3CC(=O)O)c2n1. The average Bonchev–Trinajstić information content (AvgIpc) is 2.89. The Morgan fingerprint density at radius 2 is 2.08 bits per heavy atom. The Kier molecular flexibility index (Phi) is 7.75. The summed E-state index contributed by atoms with van der Waals surface area (Å²) in [6.07, 6.45) is 2.55. The number of methoxy groups -OCH3 is 1. The number of aliphatic carboxylic acids is 1. The third-order valence-electron chi connectivity index (χ3n) is 6.98. The third-order valence-corrected chi connectivity index (χ3v) is 8.06. The number of likely N-dealkylation sites (tertiary alicyclic amines) is 1. The number of rotatable bonds is 8. The fourth-order valence-corrected chi connectivity index (χ4v) is 5.96. The zero-order valence-electron chi connectivity index (χ0n) is 21.0. The van der Waals surface area contributed by atoms with Crippen molar-refractivity contribution in [2.45, 2.75) is 30.7 Å². The number of nitrogens with zero attached hydrogens (tertiary/aromatic N) is 3. The van der Waals surface area contributed by atoms with Crippen LogP contribution in [0, 0.1) is 11.8 Å². The molecule has 5 rings (SSSR count). The van der Waals surface area contributed by atoms with Crippen LogP contribution in [0.5, 0.6) is 5.88 Å². The number of carboxylic acids is 1. The van der Waals surface area contributed by atoms with Gasteiger partial charge in [-0.15, -0.1) is 11.8 Å². The lowest BCUT2D eigenvalue weighted by Gasteiger charge is -2.38. The van der Waals surface area contributed by atoms with Crippen LogP contribution in [0.2, 0.25) is 0 Å². The number of amides is 2. The maximum atomic E-state index is 13.1. The summed E-state index contributed by atoms with van der Waals surface area (Å²) in [5.74, 6) is -0.424. The predicted molar refractivity (Wildman–Crippen MR) is 144 cm³/mol. The first-order valence-corrected chi connectivity index (χ1v) is 13.5. The Morgan fingerprint density at radius 3 is 2.89 bits per heavy atom. The number of aromatic nitrogens is 2. The quantitative estimate of drug-likeness (QED) is 0.395. The lowest BCUT2D eigenvalue weighted by atomic mass is 9.80. The number of benzene rings is 1. The Hall–Kier alpha value is -3.70. The van der Waals surface area contributed by atoms with Crippen molar-refractivity contribution in [2.24, 2.45) is 11.8 Å². The van der Waals surface area contributed by atoms with Crippen molar-refractivity contribution in [2.75, 3.05) is 36.6 Å². The van der Waals surface area contributed by atoms with Crippen LogP contribution >= 0.6 is 11.8 Å². The number of carboxylic acid groups (broad SMARTS) is 1. The maximum absolute atomic E-state index is 13.1. The van der Waals surface area contributed by atoms with Gasteiger partial charge in [0.15, 0.2) is 0 Å². The fraction of sp³-hybridized carbons (Fsp3) is 0.370. The van der Waals surface area contributed by atoms with Gasteiger partial charge in [-0.3, -0.25) is 24.3 Å². The van der Waals surface area contributed by atoms with E-state index in [9.17, 15) is 19.5 Å². The van der Waals surface area contributed by atoms with Crippen molar-refractivity contribution in [1.29, 1.82) is 0 Å². The molecule has 1 saturated heterocycles. The zero-order valence-corrected chi connectivity index (χ0v) is 21.8. The molecule has 10 nitrogen and oxygen atoms in total. The molecule has 3 aromatic rings. The summed E-state index contributed by atoms with van der Waals surface area (Å²) in [5.41, 5.74) is 3.61. The lowest BCUT2D eigenvalue weighted by Crippen LogP contribution is -2.42. The largest absolute Gasteiger partial charge is 0.481 e. The van der Waals surface area contributed by atoms with E-state index in [1.807, 2.05) is 12.1 Å². The normalized spacial score (nSPS) is 19.4. The molecule has 198 valence electrons. The number of carbonyl (C=O) groups excluding carboxylic acids is 2. The highest BCUT2D eigenvalue weighted by Crippen LogP contribution is 2.34. The van der Waals surface area contributed by atoms with Crippen molar-refractivity contribution < 1.29 is 24.2 Å². The monoisotopic (exact) mass is 535 g/mol. The second-order valence-corrected chi connectivity index (χ2v) is 10.7. The van der Waals surface area contributed by atoms with Crippen LogP contribution in [0.15, 0.2) is 47.5 Å². The number of anilines is 2. The summed E-state index contributed by atoms with van der Waals surface area (Å²) in [6.45, 7) is 1.99. The van der Waals surface area contributed by atoms with E-state index in [1.54, 1.807) is 24.4 Å². The predicted octanol–water partition coefficient (Wildman–Crippen LogP) is 3.62. The molecule has 3 N–H and O–H groups in total. The second kappa shape index (κ2) is 11.4. The standard InChI is InChI=1S/C27H29N5O5S/c1-37-25-5-3-19-27(31-25)20(6-8-28-19)29-23(33)11-17-7-9-32(14-18(17)12-26(35)36)13-16-2-4-22-21(10-16)30-24(34)15-38-22/h2-6,8,10,17-18H,7,9,11-15H2,1H3,(H,30,34)(H,35,36)(H,28,29,33). The van der Waals surface area contributed by atoms with Gasteiger partial charge in [0.2, 0.25) is 17.7 Å². The first-order chi connectivity index (χ1) is 18.4. The molecule has 0 radical (unpaired) electrons. The van der Waals surface area contributed by atoms with Gasteiger partial charge < -0.3 is 20.5 Å². The molecule has 2 aliphatic heterocycles. The first-order valence-electron chi connectivity index (χ1n) is 12.5. The molecule has 2 unspecified atom stereocenters. The summed E-state index contributed by atoms with van der Waals surface area (Å²) in [7, 11) is 1.53. The maximum Gasteiger partial charge on any atom is 0.303 e. The number of hydrogen-bond acceptors (Lipinski definition) is 8. The first kappa shape index (κ1) is 25.9. The van der Waals surface area contributed by atoms with E-state index >= 15 is 0 Å². The van der Waals surface area contributed by atoms with Gasteiger partial charge in [-0.25, -0.2) is 4.98 Å². The molecule has 38 heavy (non-hydrogen) atoms. The van der Waals surface area contributed by atoms with Gasteiger partial charge in [0.25, 0.3) is 0 Å². The van der Waals surface area contributed by atoms with Gasteiger partial charge >= 0.3 is 5.97 Å². The molecule has 0 aliphatic carbocycles. The highest BCUT2D eigenvalue weighted by atomic mass is 32.2. The van der Waals surface area contributed by atoms with E-state index in [2.05, 4.69) is 31.6 Å². The van der Waals surface area contributed by atoms with Crippen molar-refractivity contribution in [3.05, 3.63) is 48.2 Å². The molecule has 4 heterocycles. The van der Waals surface area contributed by atoms with E-state index < -0.39 is 5.97 Å². The van der Waals surface area contributed by atoms with Gasteiger partial charge in [0, 0.05) is 43.1 Å². The molecule has 1 aromatic carbocycles. The Bertz CT molecular complexity index is 1380. The lowest BCUT2D eigenvalue weighted by molar-refractivity contribution is -0.139. The Balaban J connectivity index is 1.24. The molecule has 11 heteroatoms. The molecule has 0 bridgehead atoms. The molecule has 2 aliphatic rings. The van der Waals surface area contributed by atoms with Crippen LogP contribution in [-0.2, 0) is 20.9 Å². The van der Waals surface area contributed by atoms with Gasteiger partial charge in [0.1, 0.15) is 5.52 Å². The minimum Gasteiger partial charge on any atom is -0.481 e. The zero-order chi connectivity index (χ0) is 26.6. The summed E-state index contributed by atoms with van der Waals surface area (Å²) in [4.78, 5) is 48.5. The van der Waals surface area contributed by atoms with E-state index in [0.717, 1.165) is 22.7 Å². The molecule has 2 atom stereocenters. The minimum atomic E-state index is -0.868. The second-order valence-electron chi connectivity index (χ2n) is 9.64. The van der Waals surface area contributed by atoms with Crippen LogP contribution in [0.1, 0.15) is 24.8 Å². The van der Waals surface area contributed by atoms with Crippen molar-refractivity contribution in [3.63, 3.8) is 0 Å². The molecular weight excluding hydrogens is 506 g/mol. The number of fused-ring (bicyclic) bond motifs is 2. The smallest absolute Gasteiger partial charge is 0.303 e. The van der Waals surface area contributed by atoms with Gasteiger partial charge in [-0.2, -0.15) is 0 Å². The third kappa shape index (κ3) is 6.05. The van der Waals surface area contributed by atoms with Crippen molar-refractivity contribution in [1.82, 2.24) is 14.9 Å². The number of ether oxygens (including phenoxy) is 1. The van der Waals surface area contributed by atoms with Crippen molar-refractivity contribution in [3.8, 4) is 5.88 Å². The number of carbonyl (C=O) groups is 3. The number of piperidine rings is 1. The molecule has 0 spiro atoms. The van der Waals surface area contributed by atoms with E-state index in [0.29, 0.717) is 47.9 Å². The topological polar surface area (TPSA) is 134 Å². The van der Waals surface area contributed by atoms with Crippen LogP contribution < -0.4 is 15.4 Å². The highest BCUT2D eigenvalue weighted by Gasteiger charge is 2.32. The van der Waals surface area contributed by atoms with E-state index in [-0.39, 0.29) is 36.5 Å². The van der Waals surface area contributed by atoms with Crippen LogP contribution in [-0.4, -0.2) is 63.7 Å². The molecular formula is C27H29N5O5S. The number of nitrogens with one attached hydrogen (secondary N) is 2. The summed E-state index contributed by atoms with van der Waals surface area (Å²) < 4.78 is 5.21. The molecule has 1 fully saturated rings. The summed E-state index contributed by atoms with van der Waals surface area (Å²) in [6, 6.07) is 11.3. The fourth-order valence-electron chi connectivity index (χ4n) is 5.17. The van der Waals surface area contributed by atoms with E-state index in [1.165, 1.54) is 18.9 Å². The molecule has 2 aromatic heterocycles. The minimum absolute atomic E-state index is 0.00226. The number of hydrogen-bond donors (Lipinski definition) is 3. The van der Waals surface area contributed by atoms with E-state index in [4.69, 9.17) is 4.74 Å². The van der Waals surface area contributed by atoms with Gasteiger partial charge in [-0.05, 0) is 54.6 Å². The number of thioether (sulfide) groups is 1. The van der Waals surface area contributed by atoms with Crippen LogP contribution in [0.3, 0.4) is 0 Å². The van der Waals surface area contributed by atoms with Crippen molar-refractivity contribution >= 4 is 52.0 Å². The highest BCUT2D eigenvalue weighted by molar-refractivity contribution is 8.00. The Labute approximate surface area is 224 Å². The van der Waals surface area contributed by atoms with Crippen LogP contribution in [0.25, 0.3) is 11.0 Å².